The van der Waals surface area contributed by atoms with Crippen LogP contribution in [0, 0.1) is 5.82 Å². The highest BCUT2D eigenvalue weighted by Gasteiger charge is 2.10. The van der Waals surface area contributed by atoms with E-state index in [4.69, 9.17) is 4.74 Å². The van der Waals surface area contributed by atoms with Crippen molar-refractivity contribution in [3.8, 4) is 11.5 Å². The fourth-order valence-corrected chi connectivity index (χ4v) is 2.04. The van der Waals surface area contributed by atoms with Crippen LogP contribution in [0.15, 0.2) is 42.7 Å². The SMILES string of the molecule is CC.COc1cc2c(Nc3cccc(F)c3)ncnc2cc1O. The van der Waals surface area contributed by atoms with Gasteiger partial charge in [0.1, 0.15) is 18.0 Å². The van der Waals surface area contributed by atoms with Crippen molar-refractivity contribution in [2.75, 3.05) is 12.4 Å². The highest BCUT2D eigenvalue weighted by molar-refractivity contribution is 5.92. The summed E-state index contributed by atoms with van der Waals surface area (Å²) in [6.07, 6.45) is 1.37. The Bertz CT molecular complexity index is 809. The molecule has 120 valence electrons. The third-order valence-corrected chi connectivity index (χ3v) is 3.02. The number of fused-ring (bicyclic) bond motifs is 1. The molecule has 0 amide bonds. The third kappa shape index (κ3) is 3.66. The lowest BCUT2D eigenvalue weighted by atomic mass is 10.2. The van der Waals surface area contributed by atoms with E-state index >= 15 is 0 Å². The molecule has 0 fully saturated rings. The van der Waals surface area contributed by atoms with Crippen molar-refractivity contribution in [1.29, 1.82) is 0 Å². The van der Waals surface area contributed by atoms with Crippen molar-refractivity contribution in [2.24, 2.45) is 0 Å². The molecule has 0 aliphatic carbocycles. The molecule has 0 saturated carbocycles. The maximum atomic E-state index is 13.2. The van der Waals surface area contributed by atoms with E-state index in [1.165, 1.54) is 31.6 Å². The molecule has 0 aliphatic rings. The Kier molecular flexibility index (Phi) is 5.30. The Morgan fingerprint density at radius 3 is 2.61 bits per heavy atom. The number of phenolic OH excluding ortho intramolecular Hbond substituents is 1. The largest absolute Gasteiger partial charge is 0.504 e. The first-order valence-electron chi connectivity index (χ1n) is 7.21. The quantitative estimate of drug-likeness (QED) is 0.756. The number of nitrogens with one attached hydrogen (secondary N) is 1. The monoisotopic (exact) mass is 315 g/mol. The molecule has 5 nitrogen and oxygen atoms in total. The van der Waals surface area contributed by atoms with Gasteiger partial charge in [0.15, 0.2) is 11.5 Å². The number of nitrogens with zero attached hydrogens (tertiary/aromatic N) is 2. The van der Waals surface area contributed by atoms with Gasteiger partial charge in [0.25, 0.3) is 0 Å². The normalized spacial score (nSPS) is 9.91. The summed E-state index contributed by atoms with van der Waals surface area (Å²) in [5.41, 5.74) is 1.13. The molecule has 3 aromatic rings. The van der Waals surface area contributed by atoms with Crippen molar-refractivity contribution in [1.82, 2.24) is 9.97 Å². The zero-order valence-corrected chi connectivity index (χ0v) is 13.2. The second-order valence-electron chi connectivity index (χ2n) is 4.40. The van der Waals surface area contributed by atoms with Gasteiger partial charge in [0, 0.05) is 17.1 Å². The van der Waals surface area contributed by atoms with Gasteiger partial charge in [0.05, 0.1) is 12.6 Å². The number of ether oxygens (including phenoxy) is 1. The highest BCUT2D eigenvalue weighted by atomic mass is 19.1. The second-order valence-corrected chi connectivity index (χ2v) is 4.40. The molecule has 0 spiro atoms. The van der Waals surface area contributed by atoms with Crippen molar-refractivity contribution >= 4 is 22.4 Å². The minimum Gasteiger partial charge on any atom is -0.504 e. The van der Waals surface area contributed by atoms with E-state index in [9.17, 15) is 9.50 Å². The van der Waals surface area contributed by atoms with Crippen LogP contribution in [0.4, 0.5) is 15.9 Å². The van der Waals surface area contributed by atoms with Crippen LogP contribution in [-0.4, -0.2) is 22.2 Å². The molecule has 0 radical (unpaired) electrons. The van der Waals surface area contributed by atoms with Crippen LogP contribution in [0.1, 0.15) is 13.8 Å². The molecular weight excluding hydrogens is 297 g/mol. The van der Waals surface area contributed by atoms with Crippen LogP contribution >= 0.6 is 0 Å². The molecular formula is C17H18FN3O2. The van der Waals surface area contributed by atoms with Crippen molar-refractivity contribution in [3.05, 3.63) is 48.5 Å². The lowest BCUT2D eigenvalue weighted by molar-refractivity contribution is 0.374. The molecule has 3 rings (SSSR count). The maximum Gasteiger partial charge on any atom is 0.161 e. The minimum atomic E-state index is -0.339. The van der Waals surface area contributed by atoms with E-state index in [0.717, 1.165) is 0 Å². The fourth-order valence-electron chi connectivity index (χ4n) is 2.04. The Labute approximate surface area is 133 Å². The molecule has 6 heteroatoms. The summed E-state index contributed by atoms with van der Waals surface area (Å²) in [7, 11) is 1.46. The summed E-state index contributed by atoms with van der Waals surface area (Å²) in [5.74, 6) is 0.484. The number of benzene rings is 2. The van der Waals surface area contributed by atoms with Gasteiger partial charge in [0.2, 0.25) is 0 Å². The molecule has 2 N–H and O–H groups in total. The number of anilines is 2. The molecule has 2 aromatic carbocycles. The Morgan fingerprint density at radius 1 is 1.13 bits per heavy atom. The molecule has 0 unspecified atom stereocenters. The van der Waals surface area contributed by atoms with Gasteiger partial charge in [-0.25, -0.2) is 14.4 Å². The van der Waals surface area contributed by atoms with Crippen LogP contribution < -0.4 is 10.1 Å². The third-order valence-electron chi connectivity index (χ3n) is 3.02. The van der Waals surface area contributed by atoms with Crippen LogP contribution in [0.3, 0.4) is 0 Å². The van der Waals surface area contributed by atoms with Crippen molar-refractivity contribution in [2.45, 2.75) is 13.8 Å². The van der Waals surface area contributed by atoms with Crippen molar-refractivity contribution < 1.29 is 14.2 Å². The number of hydrogen-bond acceptors (Lipinski definition) is 5. The zero-order chi connectivity index (χ0) is 16.8. The molecule has 23 heavy (non-hydrogen) atoms. The van der Waals surface area contributed by atoms with Gasteiger partial charge in [-0.2, -0.15) is 0 Å². The molecule has 0 saturated heterocycles. The average Bonchev–Trinajstić information content (AvgIpc) is 2.56. The smallest absolute Gasteiger partial charge is 0.161 e. The first-order valence-corrected chi connectivity index (χ1v) is 7.21. The second kappa shape index (κ2) is 7.40. The molecule has 0 atom stereocenters. The molecule has 0 aliphatic heterocycles. The number of hydrogen-bond donors (Lipinski definition) is 2. The summed E-state index contributed by atoms with van der Waals surface area (Å²) in [4.78, 5) is 8.25. The van der Waals surface area contributed by atoms with E-state index in [-0.39, 0.29) is 11.6 Å². The zero-order valence-electron chi connectivity index (χ0n) is 13.2. The number of methoxy groups -OCH3 is 1. The van der Waals surface area contributed by atoms with Crippen LogP contribution in [0.25, 0.3) is 10.9 Å². The summed E-state index contributed by atoms with van der Waals surface area (Å²) in [6, 6.07) is 9.19. The van der Waals surface area contributed by atoms with Gasteiger partial charge >= 0.3 is 0 Å². The predicted octanol–water partition coefficient (Wildman–Crippen LogP) is 4.25. The predicted molar refractivity (Wildman–Crippen MR) is 88.8 cm³/mol. The van der Waals surface area contributed by atoms with E-state index < -0.39 is 0 Å². The lowest BCUT2D eigenvalue weighted by Crippen LogP contribution is -1.97. The Hall–Kier alpha value is -2.89. The summed E-state index contributed by atoms with van der Waals surface area (Å²) in [6.45, 7) is 4.00. The molecule has 0 bridgehead atoms. The van der Waals surface area contributed by atoms with E-state index in [0.29, 0.717) is 28.2 Å². The van der Waals surface area contributed by atoms with Gasteiger partial charge in [-0.15, -0.1) is 0 Å². The van der Waals surface area contributed by atoms with E-state index in [2.05, 4.69) is 15.3 Å². The van der Waals surface area contributed by atoms with Gasteiger partial charge in [-0.3, -0.25) is 0 Å². The first kappa shape index (κ1) is 16.5. The number of phenols is 1. The van der Waals surface area contributed by atoms with Crippen molar-refractivity contribution in [3.63, 3.8) is 0 Å². The van der Waals surface area contributed by atoms with Crippen LogP contribution in [0.5, 0.6) is 11.5 Å². The number of aromatic hydroxyl groups is 1. The highest BCUT2D eigenvalue weighted by Crippen LogP contribution is 2.33. The fraction of sp³-hybridized carbons (Fsp3) is 0.176. The van der Waals surface area contributed by atoms with Crippen LogP contribution in [0.2, 0.25) is 0 Å². The lowest BCUT2D eigenvalue weighted by Gasteiger charge is -2.10. The number of rotatable bonds is 3. The minimum absolute atomic E-state index is 0.000376. The Morgan fingerprint density at radius 2 is 1.91 bits per heavy atom. The molecule has 1 aromatic heterocycles. The Balaban J connectivity index is 0.000000924. The maximum absolute atomic E-state index is 13.2. The summed E-state index contributed by atoms with van der Waals surface area (Å²) < 4.78 is 18.3. The van der Waals surface area contributed by atoms with Gasteiger partial charge in [-0.1, -0.05) is 19.9 Å². The summed E-state index contributed by atoms with van der Waals surface area (Å²) >= 11 is 0. The molecule has 1 heterocycles. The standard InChI is InChI=1S/C15H12FN3O2.C2H6/c1-21-14-6-11-12(7-13(14)20)17-8-18-15(11)19-10-4-2-3-9(16)5-10;1-2/h2-8,20H,1H3,(H,17,18,19);1-2H3. The first-order chi connectivity index (χ1) is 11.2. The van der Waals surface area contributed by atoms with Crippen LogP contribution in [-0.2, 0) is 0 Å². The topological polar surface area (TPSA) is 67.3 Å². The van der Waals surface area contributed by atoms with E-state index in [1.807, 2.05) is 13.8 Å². The number of aromatic nitrogens is 2. The number of halogens is 1. The van der Waals surface area contributed by atoms with E-state index in [1.54, 1.807) is 18.2 Å². The average molecular weight is 315 g/mol. The summed E-state index contributed by atoms with van der Waals surface area (Å²) in [5, 5.41) is 13.5. The van der Waals surface area contributed by atoms with Gasteiger partial charge in [-0.05, 0) is 24.3 Å². The van der Waals surface area contributed by atoms with Gasteiger partial charge < -0.3 is 15.2 Å².